The fraction of sp³-hybridized carbons (Fsp3) is 0.412. The molecule has 0 spiro atoms. The van der Waals surface area contributed by atoms with Gasteiger partial charge in [0.15, 0.2) is 17.3 Å². The highest BCUT2D eigenvalue weighted by Gasteiger charge is 2.38. The van der Waals surface area contributed by atoms with Crippen LogP contribution in [0.4, 0.5) is 13.2 Å². The molecular weight excluding hydrogens is 397 g/mol. The molecule has 3 rings (SSSR count). The molecule has 0 amide bonds. The molecule has 1 saturated carbocycles. The Morgan fingerprint density at radius 1 is 1.25 bits per heavy atom. The van der Waals surface area contributed by atoms with Gasteiger partial charge in [-0.1, -0.05) is 17.8 Å². The number of carbonyl (C=O) groups excluding carboxylic acids is 3. The Balaban J connectivity index is 1.96. The van der Waals surface area contributed by atoms with Gasteiger partial charge in [0.2, 0.25) is 5.16 Å². The van der Waals surface area contributed by atoms with Crippen molar-refractivity contribution >= 4 is 29.1 Å². The molecule has 1 aliphatic carbocycles. The predicted molar refractivity (Wildman–Crippen MR) is 91.5 cm³/mol. The van der Waals surface area contributed by atoms with Gasteiger partial charge in [0.1, 0.15) is 5.92 Å². The number of aryl methyl sites for hydroxylation is 1. The van der Waals surface area contributed by atoms with E-state index in [4.69, 9.17) is 0 Å². The molecule has 1 aliphatic rings. The second kappa shape index (κ2) is 7.82. The lowest BCUT2D eigenvalue weighted by atomic mass is 9.80. The minimum absolute atomic E-state index is 0.0334. The molecule has 1 fully saturated rings. The number of Topliss-reactive ketones (excluding diaryl/α,β-unsaturated/α-hetero) is 3. The van der Waals surface area contributed by atoms with Crippen LogP contribution in [-0.2, 0) is 28.6 Å². The van der Waals surface area contributed by atoms with Crippen LogP contribution in [0.25, 0.3) is 0 Å². The van der Waals surface area contributed by atoms with Crippen LogP contribution < -0.4 is 0 Å². The molecule has 0 N–H and O–H groups in total. The van der Waals surface area contributed by atoms with E-state index in [-0.39, 0.29) is 29.7 Å². The van der Waals surface area contributed by atoms with Gasteiger partial charge in [0.05, 0.1) is 5.56 Å². The number of thioether (sulfide) groups is 1. The zero-order valence-electron chi connectivity index (χ0n) is 14.7. The Hall–Kier alpha value is -2.56. The summed E-state index contributed by atoms with van der Waals surface area (Å²) < 4.78 is 40.7. The standard InChI is InChI=1S/C17H15F3N4O3S/c1-24-16(21-22-23-24)28-8-9-7-10(17(18,19)20)5-6-11(9)15(27)14-12(25)3-2-4-13(14)26/h5-7,14H,2-4,8H2,1H3. The molecule has 148 valence electrons. The number of nitrogens with zero attached hydrogens (tertiary/aromatic N) is 4. The number of benzene rings is 1. The first-order valence-corrected chi connectivity index (χ1v) is 9.32. The van der Waals surface area contributed by atoms with Crippen LogP contribution in [0.5, 0.6) is 0 Å². The minimum atomic E-state index is -4.59. The lowest BCUT2D eigenvalue weighted by molar-refractivity contribution is -0.138. The SMILES string of the molecule is Cn1nnnc1SCc1cc(C(F)(F)F)ccc1C(=O)C1C(=O)CCCC1=O. The van der Waals surface area contributed by atoms with E-state index in [2.05, 4.69) is 15.5 Å². The maximum Gasteiger partial charge on any atom is 0.416 e. The maximum absolute atomic E-state index is 13.1. The zero-order chi connectivity index (χ0) is 20.5. The van der Waals surface area contributed by atoms with Crippen molar-refractivity contribution in [2.75, 3.05) is 0 Å². The molecule has 11 heteroatoms. The van der Waals surface area contributed by atoms with Gasteiger partial charge in [-0.05, 0) is 34.5 Å². The monoisotopic (exact) mass is 412 g/mol. The molecule has 0 saturated heterocycles. The van der Waals surface area contributed by atoms with Crippen LogP contribution in [0.15, 0.2) is 23.4 Å². The topological polar surface area (TPSA) is 94.8 Å². The molecule has 0 atom stereocenters. The summed E-state index contributed by atoms with van der Waals surface area (Å²) in [6.45, 7) is 0. The predicted octanol–water partition coefficient (Wildman–Crippen LogP) is 2.64. The van der Waals surface area contributed by atoms with Crippen LogP contribution in [0, 0.1) is 5.92 Å². The lowest BCUT2D eigenvalue weighted by Gasteiger charge is -2.20. The third-order valence-corrected chi connectivity index (χ3v) is 5.45. The second-order valence-corrected chi connectivity index (χ2v) is 7.27. The van der Waals surface area contributed by atoms with Crippen LogP contribution >= 0.6 is 11.8 Å². The van der Waals surface area contributed by atoms with Crippen LogP contribution in [-0.4, -0.2) is 37.6 Å². The quantitative estimate of drug-likeness (QED) is 0.423. The van der Waals surface area contributed by atoms with E-state index in [1.807, 2.05) is 0 Å². The summed E-state index contributed by atoms with van der Waals surface area (Å²) >= 11 is 1.04. The number of halogens is 3. The third kappa shape index (κ3) is 4.13. The highest BCUT2D eigenvalue weighted by molar-refractivity contribution is 7.98. The summed E-state index contributed by atoms with van der Waals surface area (Å²) in [4.78, 5) is 37.0. The van der Waals surface area contributed by atoms with Crippen molar-refractivity contribution in [1.82, 2.24) is 20.2 Å². The summed E-state index contributed by atoms with van der Waals surface area (Å²) in [7, 11) is 1.57. The van der Waals surface area contributed by atoms with Gasteiger partial charge in [-0.25, -0.2) is 4.68 Å². The van der Waals surface area contributed by atoms with E-state index in [0.29, 0.717) is 11.6 Å². The zero-order valence-corrected chi connectivity index (χ0v) is 15.5. The van der Waals surface area contributed by atoms with E-state index < -0.39 is 35.0 Å². The average molecular weight is 412 g/mol. The number of carbonyl (C=O) groups is 3. The van der Waals surface area contributed by atoms with Crippen molar-refractivity contribution in [3.8, 4) is 0 Å². The highest BCUT2D eigenvalue weighted by atomic mass is 32.2. The van der Waals surface area contributed by atoms with E-state index in [0.717, 1.165) is 30.0 Å². The number of hydrogen-bond donors (Lipinski definition) is 0. The summed E-state index contributed by atoms with van der Waals surface area (Å²) in [5, 5.41) is 11.2. The number of hydrogen-bond acceptors (Lipinski definition) is 7. The first-order chi connectivity index (χ1) is 13.2. The molecule has 2 aromatic rings. The second-order valence-electron chi connectivity index (χ2n) is 6.33. The average Bonchev–Trinajstić information content (AvgIpc) is 3.03. The summed E-state index contributed by atoms with van der Waals surface area (Å²) in [6, 6.07) is 2.68. The van der Waals surface area contributed by atoms with Crippen LogP contribution in [0.3, 0.4) is 0 Å². The molecule has 1 aromatic carbocycles. The third-order valence-electron chi connectivity index (χ3n) is 4.39. The Labute approximate surface area is 161 Å². The Kier molecular flexibility index (Phi) is 5.64. The van der Waals surface area contributed by atoms with Crippen molar-refractivity contribution in [3.05, 3.63) is 34.9 Å². The van der Waals surface area contributed by atoms with E-state index >= 15 is 0 Å². The number of rotatable bonds is 5. The Bertz CT molecular complexity index is 926. The highest BCUT2D eigenvalue weighted by Crippen LogP contribution is 2.33. The summed E-state index contributed by atoms with van der Waals surface area (Å²) in [6.07, 6.45) is -3.99. The number of aromatic nitrogens is 4. The molecule has 1 heterocycles. The first kappa shape index (κ1) is 20.2. The fourth-order valence-electron chi connectivity index (χ4n) is 2.97. The van der Waals surface area contributed by atoms with Gasteiger partial charge in [-0.2, -0.15) is 13.2 Å². The smallest absolute Gasteiger partial charge is 0.298 e. The van der Waals surface area contributed by atoms with Gasteiger partial charge >= 0.3 is 6.18 Å². The molecule has 28 heavy (non-hydrogen) atoms. The van der Waals surface area contributed by atoms with Crippen molar-refractivity contribution in [3.63, 3.8) is 0 Å². The summed E-state index contributed by atoms with van der Waals surface area (Å²) in [5.41, 5.74) is -0.916. The van der Waals surface area contributed by atoms with Gasteiger partial charge in [-0.3, -0.25) is 14.4 Å². The van der Waals surface area contributed by atoms with Crippen LogP contribution in [0.1, 0.15) is 40.7 Å². The molecule has 7 nitrogen and oxygen atoms in total. The van der Waals surface area contributed by atoms with E-state index in [1.54, 1.807) is 7.05 Å². The van der Waals surface area contributed by atoms with Crippen molar-refractivity contribution in [1.29, 1.82) is 0 Å². The van der Waals surface area contributed by atoms with Gasteiger partial charge < -0.3 is 0 Å². The largest absolute Gasteiger partial charge is 0.416 e. The number of tetrazole rings is 1. The van der Waals surface area contributed by atoms with Crippen molar-refractivity contribution in [2.24, 2.45) is 13.0 Å². The van der Waals surface area contributed by atoms with Gasteiger partial charge in [-0.15, -0.1) is 5.10 Å². The van der Waals surface area contributed by atoms with Crippen LogP contribution in [0.2, 0.25) is 0 Å². The Morgan fingerprint density at radius 2 is 1.93 bits per heavy atom. The van der Waals surface area contributed by atoms with E-state index in [9.17, 15) is 27.6 Å². The lowest BCUT2D eigenvalue weighted by Crippen LogP contribution is -2.35. The molecule has 0 radical (unpaired) electrons. The molecular formula is C17H15F3N4O3S. The van der Waals surface area contributed by atoms with Crippen molar-refractivity contribution < 1.29 is 27.6 Å². The fourth-order valence-corrected chi connectivity index (χ4v) is 3.81. The molecule has 0 aliphatic heterocycles. The molecule has 0 unspecified atom stereocenters. The molecule has 0 bridgehead atoms. The summed E-state index contributed by atoms with van der Waals surface area (Å²) in [5.74, 6) is -3.20. The maximum atomic E-state index is 13.1. The van der Waals surface area contributed by atoms with Gasteiger partial charge in [0, 0.05) is 31.2 Å². The van der Waals surface area contributed by atoms with E-state index in [1.165, 1.54) is 4.68 Å². The first-order valence-electron chi connectivity index (χ1n) is 8.33. The normalized spacial score (nSPS) is 15.9. The number of alkyl halides is 3. The van der Waals surface area contributed by atoms with Gasteiger partial charge in [0.25, 0.3) is 0 Å². The molecule has 1 aromatic heterocycles. The Morgan fingerprint density at radius 3 is 2.50 bits per heavy atom. The minimum Gasteiger partial charge on any atom is -0.298 e. The number of ketones is 3. The van der Waals surface area contributed by atoms with Crippen molar-refractivity contribution in [2.45, 2.75) is 36.3 Å².